The van der Waals surface area contributed by atoms with E-state index in [9.17, 15) is 4.79 Å². The summed E-state index contributed by atoms with van der Waals surface area (Å²) in [5.74, 6) is -0.120. The SMILES string of the molecule is CCCc1ccc(C(=O)NCc2nccnc2-c2cccnc2)cc1. The average molecular weight is 332 g/mol. The summed E-state index contributed by atoms with van der Waals surface area (Å²) in [6, 6.07) is 11.5. The fourth-order valence-corrected chi connectivity index (χ4v) is 2.62. The fourth-order valence-electron chi connectivity index (χ4n) is 2.62. The molecule has 3 aromatic rings. The molecular formula is C20H20N4O. The van der Waals surface area contributed by atoms with E-state index >= 15 is 0 Å². The van der Waals surface area contributed by atoms with Crippen LogP contribution in [0.15, 0.2) is 61.2 Å². The minimum absolute atomic E-state index is 0.120. The van der Waals surface area contributed by atoms with E-state index in [4.69, 9.17) is 0 Å². The lowest BCUT2D eigenvalue weighted by atomic mass is 10.1. The van der Waals surface area contributed by atoms with Gasteiger partial charge < -0.3 is 5.32 Å². The van der Waals surface area contributed by atoms with Crippen LogP contribution in [0.4, 0.5) is 0 Å². The first-order valence-electron chi connectivity index (χ1n) is 8.35. The van der Waals surface area contributed by atoms with E-state index in [1.54, 1.807) is 24.8 Å². The van der Waals surface area contributed by atoms with Crippen molar-refractivity contribution in [1.29, 1.82) is 0 Å². The van der Waals surface area contributed by atoms with Crippen molar-refractivity contribution in [2.75, 3.05) is 0 Å². The van der Waals surface area contributed by atoms with Gasteiger partial charge in [0.1, 0.15) is 0 Å². The number of benzene rings is 1. The maximum Gasteiger partial charge on any atom is 0.251 e. The van der Waals surface area contributed by atoms with Crippen molar-refractivity contribution in [3.05, 3.63) is 78.0 Å². The van der Waals surface area contributed by atoms with Gasteiger partial charge in [0.25, 0.3) is 5.91 Å². The summed E-state index contributed by atoms with van der Waals surface area (Å²) in [5, 5.41) is 2.92. The van der Waals surface area contributed by atoms with Gasteiger partial charge in [-0.3, -0.25) is 19.7 Å². The van der Waals surface area contributed by atoms with Crippen LogP contribution in [-0.4, -0.2) is 20.9 Å². The quantitative estimate of drug-likeness (QED) is 0.751. The summed E-state index contributed by atoms with van der Waals surface area (Å²) in [6.07, 6.45) is 8.83. The van der Waals surface area contributed by atoms with Crippen LogP contribution in [0.5, 0.6) is 0 Å². The van der Waals surface area contributed by atoms with E-state index in [1.807, 2.05) is 36.4 Å². The number of aromatic nitrogens is 3. The largest absolute Gasteiger partial charge is 0.346 e. The molecule has 5 nitrogen and oxygen atoms in total. The summed E-state index contributed by atoms with van der Waals surface area (Å²) in [7, 11) is 0. The third kappa shape index (κ3) is 4.26. The molecule has 0 spiro atoms. The van der Waals surface area contributed by atoms with Gasteiger partial charge in [0.15, 0.2) is 0 Å². The van der Waals surface area contributed by atoms with Crippen molar-refractivity contribution in [3.63, 3.8) is 0 Å². The molecule has 25 heavy (non-hydrogen) atoms. The second-order valence-corrected chi connectivity index (χ2v) is 5.72. The van der Waals surface area contributed by atoms with Crippen LogP contribution in [0, 0.1) is 0 Å². The van der Waals surface area contributed by atoms with Gasteiger partial charge in [0.05, 0.1) is 17.9 Å². The highest BCUT2D eigenvalue weighted by atomic mass is 16.1. The number of amides is 1. The van der Waals surface area contributed by atoms with Crippen molar-refractivity contribution in [3.8, 4) is 11.3 Å². The van der Waals surface area contributed by atoms with Gasteiger partial charge in [0.2, 0.25) is 0 Å². The molecule has 0 saturated carbocycles. The van der Waals surface area contributed by atoms with Gasteiger partial charge >= 0.3 is 0 Å². The Labute approximate surface area is 147 Å². The van der Waals surface area contributed by atoms with Crippen molar-refractivity contribution >= 4 is 5.91 Å². The van der Waals surface area contributed by atoms with E-state index < -0.39 is 0 Å². The van der Waals surface area contributed by atoms with E-state index in [0.29, 0.717) is 17.8 Å². The number of nitrogens with one attached hydrogen (secondary N) is 1. The Bertz CT molecular complexity index is 832. The summed E-state index contributed by atoms with van der Waals surface area (Å²) in [6.45, 7) is 2.45. The van der Waals surface area contributed by atoms with Crippen molar-refractivity contribution in [2.24, 2.45) is 0 Å². The predicted octanol–water partition coefficient (Wildman–Crippen LogP) is 3.42. The van der Waals surface area contributed by atoms with Crippen LogP contribution in [0.25, 0.3) is 11.3 Å². The third-order valence-electron chi connectivity index (χ3n) is 3.88. The van der Waals surface area contributed by atoms with E-state index in [2.05, 4.69) is 27.2 Å². The highest BCUT2D eigenvalue weighted by molar-refractivity contribution is 5.94. The Hall–Kier alpha value is -3.08. The molecule has 0 atom stereocenters. The molecular weight excluding hydrogens is 312 g/mol. The normalized spacial score (nSPS) is 10.4. The lowest BCUT2D eigenvalue weighted by molar-refractivity contribution is 0.0950. The van der Waals surface area contributed by atoms with Gasteiger partial charge in [0, 0.05) is 35.9 Å². The van der Waals surface area contributed by atoms with Crippen LogP contribution in [-0.2, 0) is 13.0 Å². The third-order valence-corrected chi connectivity index (χ3v) is 3.88. The lowest BCUT2D eigenvalue weighted by Gasteiger charge is -2.09. The molecule has 126 valence electrons. The average Bonchev–Trinajstić information content (AvgIpc) is 2.68. The Morgan fingerprint density at radius 3 is 2.56 bits per heavy atom. The highest BCUT2D eigenvalue weighted by Crippen LogP contribution is 2.18. The monoisotopic (exact) mass is 332 g/mol. The molecule has 2 heterocycles. The zero-order chi connectivity index (χ0) is 17.5. The number of carbonyl (C=O) groups excluding carboxylic acids is 1. The number of carbonyl (C=O) groups is 1. The minimum atomic E-state index is -0.120. The van der Waals surface area contributed by atoms with Gasteiger partial charge in [-0.1, -0.05) is 25.5 Å². The van der Waals surface area contributed by atoms with Gasteiger partial charge in [-0.15, -0.1) is 0 Å². The number of hydrogen-bond acceptors (Lipinski definition) is 4. The molecule has 2 aromatic heterocycles. The first-order valence-corrected chi connectivity index (χ1v) is 8.35. The molecule has 0 fully saturated rings. The Morgan fingerprint density at radius 1 is 1.04 bits per heavy atom. The molecule has 0 bridgehead atoms. The second kappa shape index (κ2) is 8.15. The minimum Gasteiger partial charge on any atom is -0.346 e. The number of hydrogen-bond donors (Lipinski definition) is 1. The molecule has 0 saturated heterocycles. The number of pyridine rings is 1. The van der Waals surface area contributed by atoms with Crippen LogP contribution in [0.1, 0.15) is 35.0 Å². The predicted molar refractivity (Wildman–Crippen MR) is 96.9 cm³/mol. The summed E-state index contributed by atoms with van der Waals surface area (Å²) in [4.78, 5) is 25.2. The maximum atomic E-state index is 12.4. The Balaban J connectivity index is 1.70. The molecule has 5 heteroatoms. The van der Waals surface area contributed by atoms with Crippen molar-refractivity contribution in [1.82, 2.24) is 20.3 Å². The van der Waals surface area contributed by atoms with E-state index in [1.165, 1.54) is 5.56 Å². The Kier molecular flexibility index (Phi) is 5.46. The van der Waals surface area contributed by atoms with Gasteiger partial charge in [-0.25, -0.2) is 0 Å². The molecule has 0 aliphatic carbocycles. The van der Waals surface area contributed by atoms with Crippen LogP contribution in [0.3, 0.4) is 0 Å². The smallest absolute Gasteiger partial charge is 0.251 e. The van der Waals surface area contributed by atoms with Gasteiger partial charge in [-0.2, -0.15) is 0 Å². The summed E-state index contributed by atoms with van der Waals surface area (Å²) >= 11 is 0. The maximum absolute atomic E-state index is 12.4. The molecule has 3 rings (SSSR count). The van der Waals surface area contributed by atoms with Crippen LogP contribution >= 0.6 is 0 Å². The molecule has 1 N–H and O–H groups in total. The lowest BCUT2D eigenvalue weighted by Crippen LogP contribution is -2.23. The van der Waals surface area contributed by atoms with Crippen molar-refractivity contribution in [2.45, 2.75) is 26.3 Å². The zero-order valence-corrected chi connectivity index (χ0v) is 14.1. The first kappa shape index (κ1) is 16.8. The molecule has 0 aliphatic rings. The standard InChI is InChI=1S/C20H20N4O/c1-2-4-15-6-8-16(9-7-15)20(25)24-14-18-19(23-12-11-22-18)17-5-3-10-21-13-17/h3,5-13H,2,4,14H2,1H3,(H,24,25). The summed E-state index contributed by atoms with van der Waals surface area (Å²) in [5.41, 5.74) is 4.21. The van der Waals surface area contributed by atoms with Crippen LogP contribution < -0.4 is 5.32 Å². The summed E-state index contributed by atoms with van der Waals surface area (Å²) < 4.78 is 0. The molecule has 1 aromatic carbocycles. The topological polar surface area (TPSA) is 67.8 Å². The zero-order valence-electron chi connectivity index (χ0n) is 14.1. The Morgan fingerprint density at radius 2 is 1.84 bits per heavy atom. The number of nitrogens with zero attached hydrogens (tertiary/aromatic N) is 3. The molecule has 1 amide bonds. The first-order chi connectivity index (χ1) is 12.3. The fraction of sp³-hybridized carbons (Fsp3) is 0.200. The highest BCUT2D eigenvalue weighted by Gasteiger charge is 2.10. The molecule has 0 radical (unpaired) electrons. The number of aryl methyl sites for hydroxylation is 1. The van der Waals surface area contributed by atoms with E-state index in [0.717, 1.165) is 24.1 Å². The molecule has 0 unspecified atom stereocenters. The van der Waals surface area contributed by atoms with E-state index in [-0.39, 0.29) is 5.91 Å². The molecule has 0 aliphatic heterocycles. The van der Waals surface area contributed by atoms with Crippen molar-refractivity contribution < 1.29 is 4.79 Å². The second-order valence-electron chi connectivity index (χ2n) is 5.72. The van der Waals surface area contributed by atoms with Crippen LogP contribution in [0.2, 0.25) is 0 Å². The number of rotatable bonds is 6. The van der Waals surface area contributed by atoms with Gasteiger partial charge in [-0.05, 0) is 36.2 Å².